The average molecular weight is 207 g/mol. The molecule has 0 aliphatic carbocycles. The molecule has 0 aliphatic heterocycles. The smallest absolute Gasteiger partial charge is 0.0917 e. The third-order valence-electron chi connectivity index (χ3n) is 2.82. The highest BCUT2D eigenvalue weighted by atomic mass is 16.3. The Morgan fingerprint density at radius 1 is 1.33 bits per heavy atom. The lowest BCUT2D eigenvalue weighted by Gasteiger charge is -2.17. The van der Waals surface area contributed by atoms with Crippen LogP contribution in [0.25, 0.3) is 0 Å². The lowest BCUT2D eigenvalue weighted by atomic mass is 10.0. The minimum Gasteiger partial charge on any atom is -0.387 e. The zero-order chi connectivity index (χ0) is 11.3. The van der Waals surface area contributed by atoms with Gasteiger partial charge in [0.2, 0.25) is 0 Å². The SMILES string of the molecule is CCC(C)NCC(O)c1ccccc1C. The number of aliphatic hydroxyl groups excluding tert-OH is 1. The summed E-state index contributed by atoms with van der Waals surface area (Å²) >= 11 is 0. The van der Waals surface area contributed by atoms with Crippen molar-refractivity contribution in [1.29, 1.82) is 0 Å². The van der Waals surface area contributed by atoms with Crippen molar-refractivity contribution in [2.24, 2.45) is 0 Å². The number of nitrogens with one attached hydrogen (secondary N) is 1. The standard InChI is InChI=1S/C13H21NO/c1-4-11(3)14-9-13(15)12-8-6-5-7-10(12)2/h5-8,11,13-15H,4,9H2,1-3H3. The van der Waals surface area contributed by atoms with Crippen LogP contribution in [0.4, 0.5) is 0 Å². The first-order chi connectivity index (χ1) is 7.15. The van der Waals surface area contributed by atoms with Crippen LogP contribution in [0, 0.1) is 6.92 Å². The molecule has 0 amide bonds. The third-order valence-corrected chi connectivity index (χ3v) is 2.82. The van der Waals surface area contributed by atoms with Crippen molar-refractivity contribution < 1.29 is 5.11 Å². The molecular weight excluding hydrogens is 186 g/mol. The summed E-state index contributed by atoms with van der Waals surface area (Å²) in [5, 5.41) is 13.3. The van der Waals surface area contributed by atoms with Crippen molar-refractivity contribution in [2.75, 3.05) is 6.54 Å². The van der Waals surface area contributed by atoms with Crippen molar-refractivity contribution in [3.63, 3.8) is 0 Å². The van der Waals surface area contributed by atoms with Crippen molar-refractivity contribution in [2.45, 2.75) is 39.3 Å². The topological polar surface area (TPSA) is 32.3 Å². The second kappa shape index (κ2) is 5.89. The van der Waals surface area contributed by atoms with Gasteiger partial charge in [0.15, 0.2) is 0 Å². The average Bonchev–Trinajstić information content (AvgIpc) is 2.26. The fourth-order valence-corrected chi connectivity index (χ4v) is 1.53. The van der Waals surface area contributed by atoms with Crippen LogP contribution in [0.2, 0.25) is 0 Å². The first-order valence-corrected chi connectivity index (χ1v) is 5.62. The summed E-state index contributed by atoms with van der Waals surface area (Å²) in [5.74, 6) is 0. The van der Waals surface area contributed by atoms with Crippen molar-refractivity contribution in [3.8, 4) is 0 Å². The minimum absolute atomic E-state index is 0.403. The van der Waals surface area contributed by atoms with Gasteiger partial charge in [-0.2, -0.15) is 0 Å². The molecule has 2 N–H and O–H groups in total. The van der Waals surface area contributed by atoms with Crippen LogP contribution in [-0.4, -0.2) is 17.7 Å². The van der Waals surface area contributed by atoms with Gasteiger partial charge in [0, 0.05) is 12.6 Å². The van der Waals surface area contributed by atoms with E-state index in [1.807, 2.05) is 31.2 Å². The predicted molar refractivity (Wildman–Crippen MR) is 63.9 cm³/mol. The second-order valence-electron chi connectivity index (χ2n) is 4.09. The Kier molecular flexibility index (Phi) is 4.79. The van der Waals surface area contributed by atoms with E-state index >= 15 is 0 Å². The van der Waals surface area contributed by atoms with Crippen LogP contribution in [0.3, 0.4) is 0 Å². The zero-order valence-corrected chi connectivity index (χ0v) is 9.83. The number of benzene rings is 1. The fraction of sp³-hybridized carbons (Fsp3) is 0.538. The summed E-state index contributed by atoms with van der Waals surface area (Å²) < 4.78 is 0. The molecule has 0 heterocycles. The van der Waals surface area contributed by atoms with E-state index in [4.69, 9.17) is 0 Å². The van der Waals surface area contributed by atoms with Gasteiger partial charge in [-0.25, -0.2) is 0 Å². The highest BCUT2D eigenvalue weighted by Crippen LogP contribution is 2.16. The van der Waals surface area contributed by atoms with E-state index in [0.717, 1.165) is 17.5 Å². The van der Waals surface area contributed by atoms with Crippen LogP contribution < -0.4 is 5.32 Å². The Labute approximate surface area is 92.3 Å². The maximum Gasteiger partial charge on any atom is 0.0917 e. The largest absolute Gasteiger partial charge is 0.387 e. The van der Waals surface area contributed by atoms with Gasteiger partial charge < -0.3 is 10.4 Å². The molecule has 2 atom stereocenters. The molecule has 1 aromatic rings. The van der Waals surface area contributed by atoms with Crippen molar-refractivity contribution in [1.82, 2.24) is 5.32 Å². The van der Waals surface area contributed by atoms with Gasteiger partial charge in [-0.1, -0.05) is 31.2 Å². The molecule has 2 unspecified atom stereocenters. The Morgan fingerprint density at radius 3 is 2.60 bits per heavy atom. The zero-order valence-electron chi connectivity index (χ0n) is 9.83. The number of hydrogen-bond donors (Lipinski definition) is 2. The fourth-order valence-electron chi connectivity index (χ4n) is 1.53. The molecule has 0 aliphatic rings. The molecule has 15 heavy (non-hydrogen) atoms. The van der Waals surface area contributed by atoms with Crippen LogP contribution >= 0.6 is 0 Å². The van der Waals surface area contributed by atoms with Crippen molar-refractivity contribution in [3.05, 3.63) is 35.4 Å². The van der Waals surface area contributed by atoms with Gasteiger partial charge in [0.25, 0.3) is 0 Å². The third kappa shape index (κ3) is 3.65. The number of rotatable bonds is 5. The number of aliphatic hydroxyl groups is 1. The first kappa shape index (κ1) is 12.2. The predicted octanol–water partition coefficient (Wildman–Crippen LogP) is 2.42. The molecule has 1 aromatic carbocycles. The summed E-state index contributed by atoms with van der Waals surface area (Å²) in [6.45, 7) is 6.92. The molecule has 2 nitrogen and oxygen atoms in total. The molecule has 0 spiro atoms. The first-order valence-electron chi connectivity index (χ1n) is 5.62. The Bertz CT molecular complexity index is 298. The van der Waals surface area contributed by atoms with Gasteiger partial charge in [0.1, 0.15) is 0 Å². The Morgan fingerprint density at radius 2 is 2.00 bits per heavy atom. The van der Waals surface area contributed by atoms with E-state index < -0.39 is 6.10 Å². The Hall–Kier alpha value is -0.860. The summed E-state index contributed by atoms with van der Waals surface area (Å²) in [6, 6.07) is 8.44. The van der Waals surface area contributed by atoms with E-state index in [1.54, 1.807) is 0 Å². The van der Waals surface area contributed by atoms with Gasteiger partial charge >= 0.3 is 0 Å². The lowest BCUT2D eigenvalue weighted by molar-refractivity contribution is 0.169. The molecule has 0 saturated carbocycles. The van der Waals surface area contributed by atoms with Crippen LogP contribution in [0.15, 0.2) is 24.3 Å². The normalized spacial score (nSPS) is 14.9. The molecule has 0 radical (unpaired) electrons. The van der Waals surface area contributed by atoms with E-state index in [9.17, 15) is 5.11 Å². The maximum absolute atomic E-state index is 9.98. The van der Waals surface area contributed by atoms with E-state index in [1.165, 1.54) is 0 Å². The van der Waals surface area contributed by atoms with Gasteiger partial charge in [-0.3, -0.25) is 0 Å². The molecule has 1 rings (SSSR count). The van der Waals surface area contributed by atoms with Crippen LogP contribution in [0.1, 0.15) is 37.5 Å². The second-order valence-corrected chi connectivity index (χ2v) is 4.09. The molecular formula is C13H21NO. The number of aryl methyl sites for hydroxylation is 1. The van der Waals surface area contributed by atoms with Crippen molar-refractivity contribution >= 4 is 0 Å². The van der Waals surface area contributed by atoms with Gasteiger partial charge in [-0.15, -0.1) is 0 Å². The minimum atomic E-state index is -0.403. The van der Waals surface area contributed by atoms with Crippen LogP contribution in [-0.2, 0) is 0 Å². The van der Waals surface area contributed by atoms with Gasteiger partial charge in [0.05, 0.1) is 6.10 Å². The summed E-state index contributed by atoms with van der Waals surface area (Å²) in [5.41, 5.74) is 2.17. The van der Waals surface area contributed by atoms with Gasteiger partial charge in [-0.05, 0) is 31.4 Å². The highest BCUT2D eigenvalue weighted by molar-refractivity contribution is 5.27. The molecule has 2 heteroatoms. The molecule has 0 aromatic heterocycles. The van der Waals surface area contributed by atoms with E-state index in [2.05, 4.69) is 19.2 Å². The molecule has 0 fully saturated rings. The monoisotopic (exact) mass is 207 g/mol. The Balaban J connectivity index is 2.54. The lowest BCUT2D eigenvalue weighted by Crippen LogP contribution is -2.29. The molecule has 0 bridgehead atoms. The maximum atomic E-state index is 9.98. The van der Waals surface area contributed by atoms with E-state index in [0.29, 0.717) is 12.6 Å². The van der Waals surface area contributed by atoms with Crippen LogP contribution in [0.5, 0.6) is 0 Å². The highest BCUT2D eigenvalue weighted by Gasteiger charge is 2.10. The number of hydrogen-bond acceptors (Lipinski definition) is 2. The quantitative estimate of drug-likeness (QED) is 0.777. The molecule has 0 saturated heterocycles. The summed E-state index contributed by atoms with van der Waals surface area (Å²) in [4.78, 5) is 0. The summed E-state index contributed by atoms with van der Waals surface area (Å²) in [6.07, 6.45) is 0.681. The van der Waals surface area contributed by atoms with E-state index in [-0.39, 0.29) is 0 Å². The summed E-state index contributed by atoms with van der Waals surface area (Å²) in [7, 11) is 0. The molecule has 84 valence electrons.